The van der Waals surface area contributed by atoms with Crippen LogP contribution < -0.4 is 14.2 Å². The van der Waals surface area contributed by atoms with Crippen LogP contribution in [-0.4, -0.2) is 13.2 Å². The molecule has 3 aromatic rings. The van der Waals surface area contributed by atoms with Crippen molar-refractivity contribution in [2.75, 3.05) is 13.2 Å². The zero-order valence-corrected chi connectivity index (χ0v) is 13.6. The second-order valence-corrected chi connectivity index (χ2v) is 5.22. The minimum absolute atomic E-state index is 0.425. The first-order chi connectivity index (χ1) is 12.3. The maximum atomic E-state index is 8.75. The van der Waals surface area contributed by atoms with Gasteiger partial charge in [0.1, 0.15) is 36.2 Å². The van der Waals surface area contributed by atoms with Gasteiger partial charge in [0.05, 0.1) is 11.6 Å². The van der Waals surface area contributed by atoms with Crippen LogP contribution in [0.25, 0.3) is 0 Å². The summed E-state index contributed by atoms with van der Waals surface area (Å²) in [6, 6.07) is 26.1. The second-order valence-electron chi connectivity index (χ2n) is 5.22. The summed E-state index contributed by atoms with van der Waals surface area (Å²) in [6.07, 6.45) is 0. The van der Waals surface area contributed by atoms with Gasteiger partial charge >= 0.3 is 0 Å². The fourth-order valence-electron chi connectivity index (χ4n) is 2.17. The number of benzene rings is 3. The molecule has 0 spiro atoms. The van der Waals surface area contributed by atoms with Crippen molar-refractivity contribution >= 4 is 0 Å². The largest absolute Gasteiger partial charge is 0.490 e. The summed E-state index contributed by atoms with van der Waals surface area (Å²) in [5, 5.41) is 8.75. The van der Waals surface area contributed by atoms with Crippen LogP contribution in [0.5, 0.6) is 23.0 Å². The molecular weight excluding hydrogens is 314 g/mol. The number of nitrogens with zero attached hydrogens (tertiary/aromatic N) is 1. The van der Waals surface area contributed by atoms with Gasteiger partial charge in [-0.2, -0.15) is 5.26 Å². The highest BCUT2D eigenvalue weighted by molar-refractivity contribution is 5.36. The SMILES string of the molecule is N#Cc1ccc(OCCOc2ccc(Oc3ccccc3)cc2)cc1. The third-order valence-electron chi connectivity index (χ3n) is 3.41. The predicted molar refractivity (Wildman–Crippen MR) is 95.1 cm³/mol. The molecule has 0 aromatic heterocycles. The van der Waals surface area contributed by atoms with E-state index in [-0.39, 0.29) is 0 Å². The van der Waals surface area contributed by atoms with E-state index in [1.54, 1.807) is 24.3 Å². The van der Waals surface area contributed by atoms with Crippen LogP contribution in [0.2, 0.25) is 0 Å². The molecule has 0 aliphatic carbocycles. The third kappa shape index (κ3) is 5.02. The van der Waals surface area contributed by atoms with Crippen LogP contribution in [-0.2, 0) is 0 Å². The Kier molecular flexibility index (Phi) is 5.52. The quantitative estimate of drug-likeness (QED) is 0.583. The molecule has 3 aromatic carbocycles. The molecule has 4 nitrogen and oxygen atoms in total. The second kappa shape index (κ2) is 8.42. The Morgan fingerprint density at radius 1 is 0.600 bits per heavy atom. The zero-order chi connectivity index (χ0) is 17.3. The maximum absolute atomic E-state index is 8.75. The summed E-state index contributed by atoms with van der Waals surface area (Å²) in [6.45, 7) is 0.854. The molecule has 0 fully saturated rings. The minimum Gasteiger partial charge on any atom is -0.490 e. The fourth-order valence-corrected chi connectivity index (χ4v) is 2.17. The predicted octanol–water partition coefficient (Wildman–Crippen LogP) is 4.81. The van der Waals surface area contributed by atoms with E-state index in [0.29, 0.717) is 24.5 Å². The summed E-state index contributed by atoms with van der Waals surface area (Å²) >= 11 is 0. The highest BCUT2D eigenvalue weighted by Gasteiger charge is 1.99. The van der Waals surface area contributed by atoms with E-state index in [1.165, 1.54) is 0 Å². The van der Waals surface area contributed by atoms with E-state index < -0.39 is 0 Å². The van der Waals surface area contributed by atoms with Crippen LogP contribution in [0.15, 0.2) is 78.9 Å². The van der Waals surface area contributed by atoms with Crippen molar-refractivity contribution in [3.63, 3.8) is 0 Å². The van der Waals surface area contributed by atoms with Crippen LogP contribution in [0.1, 0.15) is 5.56 Å². The monoisotopic (exact) mass is 331 g/mol. The normalized spacial score (nSPS) is 9.88. The molecule has 0 saturated heterocycles. The molecule has 25 heavy (non-hydrogen) atoms. The molecule has 0 unspecified atom stereocenters. The van der Waals surface area contributed by atoms with Crippen LogP contribution in [0.3, 0.4) is 0 Å². The smallest absolute Gasteiger partial charge is 0.127 e. The van der Waals surface area contributed by atoms with Crippen LogP contribution in [0, 0.1) is 11.3 Å². The van der Waals surface area contributed by atoms with E-state index in [2.05, 4.69) is 6.07 Å². The number of ether oxygens (including phenoxy) is 3. The molecule has 0 aliphatic heterocycles. The highest BCUT2D eigenvalue weighted by Crippen LogP contribution is 2.23. The van der Waals surface area contributed by atoms with Gasteiger partial charge in [-0.25, -0.2) is 0 Å². The Balaban J connectivity index is 1.43. The molecule has 0 saturated carbocycles. The lowest BCUT2D eigenvalue weighted by atomic mass is 10.2. The standard InChI is InChI=1S/C21H17NO3/c22-16-17-6-8-18(9-7-17)23-14-15-24-19-10-12-21(13-11-19)25-20-4-2-1-3-5-20/h1-13H,14-15H2. The molecule has 0 amide bonds. The van der Waals surface area contributed by atoms with Crippen molar-refractivity contribution in [3.05, 3.63) is 84.4 Å². The molecule has 3 rings (SSSR count). The van der Waals surface area contributed by atoms with Crippen molar-refractivity contribution in [1.29, 1.82) is 5.26 Å². The summed E-state index contributed by atoms with van der Waals surface area (Å²) in [5.41, 5.74) is 0.612. The number of para-hydroxylation sites is 1. The Hall–Kier alpha value is -3.45. The number of nitriles is 1. The van der Waals surface area contributed by atoms with Crippen molar-refractivity contribution in [3.8, 4) is 29.1 Å². The van der Waals surface area contributed by atoms with Gasteiger partial charge in [-0.3, -0.25) is 0 Å². The van der Waals surface area contributed by atoms with E-state index in [4.69, 9.17) is 19.5 Å². The van der Waals surface area contributed by atoms with Crippen LogP contribution >= 0.6 is 0 Å². The Bertz CT molecular complexity index is 822. The van der Waals surface area contributed by atoms with Crippen molar-refractivity contribution in [1.82, 2.24) is 0 Å². The van der Waals surface area contributed by atoms with Crippen molar-refractivity contribution < 1.29 is 14.2 Å². The van der Waals surface area contributed by atoms with Gasteiger partial charge in [0.2, 0.25) is 0 Å². The molecule has 0 N–H and O–H groups in total. The summed E-state index contributed by atoms with van der Waals surface area (Å²) in [7, 11) is 0. The van der Waals surface area contributed by atoms with E-state index in [9.17, 15) is 0 Å². The van der Waals surface area contributed by atoms with E-state index >= 15 is 0 Å². The van der Waals surface area contributed by atoms with Gasteiger partial charge in [-0.1, -0.05) is 18.2 Å². The highest BCUT2D eigenvalue weighted by atomic mass is 16.5. The molecule has 0 bridgehead atoms. The van der Waals surface area contributed by atoms with Gasteiger partial charge in [-0.15, -0.1) is 0 Å². The molecule has 4 heteroatoms. The minimum atomic E-state index is 0.425. The molecular formula is C21H17NO3. The van der Waals surface area contributed by atoms with Gasteiger partial charge in [-0.05, 0) is 60.7 Å². The first-order valence-electron chi connectivity index (χ1n) is 7.92. The topological polar surface area (TPSA) is 51.5 Å². The fraction of sp³-hybridized carbons (Fsp3) is 0.0952. The average Bonchev–Trinajstić information content (AvgIpc) is 2.68. The lowest BCUT2D eigenvalue weighted by molar-refractivity contribution is 0.217. The zero-order valence-electron chi connectivity index (χ0n) is 13.6. The van der Waals surface area contributed by atoms with E-state index in [0.717, 1.165) is 17.2 Å². The molecule has 0 heterocycles. The average molecular weight is 331 g/mol. The Morgan fingerprint density at radius 3 is 1.64 bits per heavy atom. The molecule has 0 atom stereocenters. The van der Waals surface area contributed by atoms with Gasteiger partial charge in [0.15, 0.2) is 0 Å². The summed E-state index contributed by atoms with van der Waals surface area (Å²) < 4.78 is 16.9. The number of hydrogen-bond donors (Lipinski definition) is 0. The maximum Gasteiger partial charge on any atom is 0.127 e. The van der Waals surface area contributed by atoms with Gasteiger partial charge in [0, 0.05) is 0 Å². The molecule has 124 valence electrons. The van der Waals surface area contributed by atoms with Crippen molar-refractivity contribution in [2.45, 2.75) is 0 Å². The number of hydrogen-bond acceptors (Lipinski definition) is 4. The van der Waals surface area contributed by atoms with Crippen molar-refractivity contribution in [2.24, 2.45) is 0 Å². The summed E-state index contributed by atoms with van der Waals surface area (Å²) in [5.74, 6) is 3.03. The first kappa shape index (κ1) is 16.4. The molecule has 0 radical (unpaired) electrons. The molecule has 0 aliphatic rings. The Morgan fingerprint density at radius 2 is 1.08 bits per heavy atom. The van der Waals surface area contributed by atoms with Gasteiger partial charge in [0.25, 0.3) is 0 Å². The lowest BCUT2D eigenvalue weighted by Gasteiger charge is -2.09. The lowest BCUT2D eigenvalue weighted by Crippen LogP contribution is -2.08. The van der Waals surface area contributed by atoms with E-state index in [1.807, 2.05) is 54.6 Å². The summed E-state index contributed by atoms with van der Waals surface area (Å²) in [4.78, 5) is 0. The Labute approximate surface area is 146 Å². The first-order valence-corrected chi connectivity index (χ1v) is 7.92. The third-order valence-corrected chi connectivity index (χ3v) is 3.41. The van der Waals surface area contributed by atoms with Crippen LogP contribution in [0.4, 0.5) is 0 Å². The number of rotatable bonds is 7. The van der Waals surface area contributed by atoms with Gasteiger partial charge < -0.3 is 14.2 Å².